The molecule has 1 saturated carbocycles. The molecule has 8 heteroatoms. The van der Waals surface area contributed by atoms with Gasteiger partial charge in [-0.1, -0.05) is 37.1 Å². The Morgan fingerprint density at radius 3 is 2.72 bits per heavy atom. The molecule has 1 unspecified atom stereocenters. The predicted octanol–water partition coefficient (Wildman–Crippen LogP) is 3.29. The van der Waals surface area contributed by atoms with Gasteiger partial charge in [-0.05, 0) is 18.9 Å². The van der Waals surface area contributed by atoms with Gasteiger partial charge in [0.15, 0.2) is 11.6 Å². The van der Waals surface area contributed by atoms with Crippen LogP contribution in [0.3, 0.4) is 0 Å². The Bertz CT molecular complexity index is 1050. The largest absolute Gasteiger partial charge is 0.365 e. The molecule has 7 nitrogen and oxygen atoms in total. The standard InChI is InChI=1S/C21H23FN6O/c22-15-9-14(19(24)29)20(28-21(15)26-17-8-4-3-7-16(17)23)27-18-11-25-10-12-5-1-2-6-13(12)18/h1-2,5-6,9-11,16-17H,3-4,7-8,23H2,(H2,24,29)(H2,26,27,28)/t16-,17?/m0/s1. The van der Waals surface area contributed by atoms with Gasteiger partial charge in [-0.2, -0.15) is 0 Å². The maximum absolute atomic E-state index is 14.7. The van der Waals surface area contributed by atoms with Crippen molar-refractivity contribution in [2.24, 2.45) is 11.5 Å². The third kappa shape index (κ3) is 3.97. The molecule has 0 saturated heterocycles. The molecule has 1 aromatic carbocycles. The van der Waals surface area contributed by atoms with Crippen molar-refractivity contribution < 1.29 is 9.18 Å². The summed E-state index contributed by atoms with van der Waals surface area (Å²) in [6.45, 7) is 0. The van der Waals surface area contributed by atoms with E-state index in [-0.39, 0.29) is 29.3 Å². The third-order valence-corrected chi connectivity index (χ3v) is 5.30. The molecule has 3 aromatic rings. The number of aromatic nitrogens is 2. The van der Waals surface area contributed by atoms with Gasteiger partial charge >= 0.3 is 0 Å². The first-order chi connectivity index (χ1) is 14.0. The van der Waals surface area contributed by atoms with Crippen LogP contribution in [0.4, 0.5) is 21.7 Å². The van der Waals surface area contributed by atoms with Crippen LogP contribution in [0.2, 0.25) is 0 Å². The van der Waals surface area contributed by atoms with Gasteiger partial charge in [-0.15, -0.1) is 0 Å². The van der Waals surface area contributed by atoms with Gasteiger partial charge in [-0.3, -0.25) is 9.78 Å². The topological polar surface area (TPSA) is 119 Å². The van der Waals surface area contributed by atoms with E-state index in [1.54, 1.807) is 12.4 Å². The molecular weight excluding hydrogens is 371 g/mol. The predicted molar refractivity (Wildman–Crippen MR) is 112 cm³/mol. The maximum atomic E-state index is 14.7. The minimum Gasteiger partial charge on any atom is -0.365 e. The average molecular weight is 394 g/mol. The SMILES string of the molecule is NC(=O)c1cc(F)c(NC2CCCC[C@@H]2N)nc1Nc1cncc2ccccc12. The summed E-state index contributed by atoms with van der Waals surface area (Å²) < 4.78 is 14.7. The number of benzene rings is 1. The van der Waals surface area contributed by atoms with Crippen molar-refractivity contribution in [1.82, 2.24) is 9.97 Å². The zero-order valence-electron chi connectivity index (χ0n) is 15.9. The minimum absolute atomic E-state index is 0.0334. The summed E-state index contributed by atoms with van der Waals surface area (Å²) in [5.74, 6) is -1.19. The van der Waals surface area contributed by atoms with Crippen molar-refractivity contribution in [2.45, 2.75) is 37.8 Å². The fraction of sp³-hybridized carbons (Fsp3) is 0.286. The van der Waals surface area contributed by atoms with Crippen LogP contribution < -0.4 is 22.1 Å². The third-order valence-electron chi connectivity index (χ3n) is 5.30. The molecule has 6 N–H and O–H groups in total. The molecule has 1 aliphatic rings. The molecule has 1 aliphatic carbocycles. The second kappa shape index (κ2) is 8.00. The first-order valence-corrected chi connectivity index (χ1v) is 9.65. The number of rotatable bonds is 5. The monoisotopic (exact) mass is 394 g/mol. The summed E-state index contributed by atoms with van der Waals surface area (Å²) >= 11 is 0. The molecule has 2 heterocycles. The molecule has 0 bridgehead atoms. The lowest BCUT2D eigenvalue weighted by atomic mass is 9.91. The molecular formula is C21H23FN6O. The molecule has 0 spiro atoms. The Kier molecular flexibility index (Phi) is 5.26. The number of carbonyl (C=O) groups excluding carboxylic acids is 1. The molecule has 1 amide bonds. The lowest BCUT2D eigenvalue weighted by molar-refractivity contribution is 0.100. The van der Waals surface area contributed by atoms with Gasteiger partial charge in [0.1, 0.15) is 5.82 Å². The zero-order chi connectivity index (χ0) is 20.4. The Morgan fingerprint density at radius 2 is 1.93 bits per heavy atom. The summed E-state index contributed by atoms with van der Waals surface area (Å²) in [6.07, 6.45) is 7.19. The lowest BCUT2D eigenvalue weighted by Crippen LogP contribution is -2.43. The highest BCUT2D eigenvalue weighted by atomic mass is 19.1. The van der Waals surface area contributed by atoms with Crippen LogP contribution in [-0.4, -0.2) is 28.0 Å². The van der Waals surface area contributed by atoms with E-state index in [1.807, 2.05) is 24.3 Å². The van der Waals surface area contributed by atoms with Crippen LogP contribution in [0.1, 0.15) is 36.0 Å². The van der Waals surface area contributed by atoms with E-state index in [4.69, 9.17) is 11.5 Å². The summed E-state index contributed by atoms with van der Waals surface area (Å²) in [5.41, 5.74) is 12.2. The van der Waals surface area contributed by atoms with Gasteiger partial charge in [0.25, 0.3) is 5.91 Å². The molecule has 2 atom stereocenters. The number of nitrogens with two attached hydrogens (primary N) is 2. The van der Waals surface area contributed by atoms with Crippen LogP contribution in [0.15, 0.2) is 42.7 Å². The number of carbonyl (C=O) groups is 1. The molecule has 1 fully saturated rings. The Balaban J connectivity index is 1.72. The van der Waals surface area contributed by atoms with Gasteiger partial charge in [0, 0.05) is 29.1 Å². The van der Waals surface area contributed by atoms with Crippen molar-refractivity contribution in [2.75, 3.05) is 10.6 Å². The van der Waals surface area contributed by atoms with Crippen LogP contribution in [0.25, 0.3) is 10.8 Å². The highest BCUT2D eigenvalue weighted by molar-refractivity contribution is 6.01. The van der Waals surface area contributed by atoms with Gasteiger partial charge in [-0.25, -0.2) is 9.37 Å². The molecule has 2 aromatic heterocycles. The van der Waals surface area contributed by atoms with E-state index >= 15 is 0 Å². The van der Waals surface area contributed by atoms with Crippen molar-refractivity contribution in [1.29, 1.82) is 0 Å². The number of pyridine rings is 2. The number of primary amides is 1. The lowest BCUT2D eigenvalue weighted by Gasteiger charge is -2.30. The van der Waals surface area contributed by atoms with E-state index in [9.17, 15) is 9.18 Å². The fourth-order valence-corrected chi connectivity index (χ4v) is 3.73. The second-order valence-corrected chi connectivity index (χ2v) is 7.31. The fourth-order valence-electron chi connectivity index (χ4n) is 3.73. The van der Waals surface area contributed by atoms with Crippen molar-refractivity contribution in [3.05, 3.63) is 54.1 Å². The quantitative estimate of drug-likeness (QED) is 0.527. The number of hydrogen-bond donors (Lipinski definition) is 4. The smallest absolute Gasteiger partial charge is 0.252 e. The van der Waals surface area contributed by atoms with Crippen LogP contribution in [0, 0.1) is 5.82 Å². The minimum atomic E-state index is -0.770. The number of amides is 1. The number of nitrogens with zero attached hydrogens (tertiary/aromatic N) is 2. The van der Waals surface area contributed by atoms with Crippen molar-refractivity contribution >= 4 is 34.0 Å². The molecule has 0 radical (unpaired) electrons. The van der Waals surface area contributed by atoms with Crippen LogP contribution in [0.5, 0.6) is 0 Å². The van der Waals surface area contributed by atoms with E-state index in [0.29, 0.717) is 5.69 Å². The highest BCUT2D eigenvalue weighted by Crippen LogP contribution is 2.29. The molecule has 4 rings (SSSR count). The first-order valence-electron chi connectivity index (χ1n) is 9.65. The molecule has 29 heavy (non-hydrogen) atoms. The summed E-state index contributed by atoms with van der Waals surface area (Å²) in [4.78, 5) is 20.5. The van der Waals surface area contributed by atoms with Crippen LogP contribution in [-0.2, 0) is 0 Å². The Morgan fingerprint density at radius 1 is 1.14 bits per heavy atom. The number of hydrogen-bond acceptors (Lipinski definition) is 6. The number of fused-ring (bicyclic) bond motifs is 1. The normalized spacial score (nSPS) is 19.1. The van der Waals surface area contributed by atoms with Gasteiger partial charge in [0.05, 0.1) is 17.4 Å². The number of nitrogens with one attached hydrogen (secondary N) is 2. The highest BCUT2D eigenvalue weighted by Gasteiger charge is 2.24. The number of anilines is 3. The molecule has 150 valence electrons. The summed E-state index contributed by atoms with van der Waals surface area (Å²) in [5, 5.41) is 8.03. The van der Waals surface area contributed by atoms with E-state index in [1.165, 1.54) is 0 Å². The zero-order valence-corrected chi connectivity index (χ0v) is 15.9. The van der Waals surface area contributed by atoms with Gasteiger partial charge in [0.2, 0.25) is 0 Å². The Labute approximate surface area is 167 Å². The molecule has 0 aliphatic heterocycles. The van der Waals surface area contributed by atoms with E-state index < -0.39 is 11.7 Å². The van der Waals surface area contributed by atoms with Crippen molar-refractivity contribution in [3.8, 4) is 0 Å². The van der Waals surface area contributed by atoms with E-state index in [0.717, 1.165) is 42.5 Å². The first kappa shape index (κ1) is 19.1. The van der Waals surface area contributed by atoms with Gasteiger partial charge < -0.3 is 22.1 Å². The Hall–Kier alpha value is -3.26. The maximum Gasteiger partial charge on any atom is 0.252 e. The van der Waals surface area contributed by atoms with E-state index in [2.05, 4.69) is 20.6 Å². The summed E-state index contributed by atoms with van der Waals surface area (Å²) in [6, 6.07) is 8.63. The second-order valence-electron chi connectivity index (χ2n) is 7.31. The number of halogens is 1. The summed E-state index contributed by atoms with van der Waals surface area (Å²) in [7, 11) is 0. The average Bonchev–Trinajstić information content (AvgIpc) is 2.72. The van der Waals surface area contributed by atoms with Crippen molar-refractivity contribution in [3.63, 3.8) is 0 Å². The van der Waals surface area contributed by atoms with Crippen LogP contribution >= 0.6 is 0 Å².